The van der Waals surface area contributed by atoms with Crippen molar-refractivity contribution in [2.75, 3.05) is 0 Å². The van der Waals surface area contributed by atoms with Gasteiger partial charge in [0.25, 0.3) is 0 Å². The predicted octanol–water partition coefficient (Wildman–Crippen LogP) is 2.06. The third-order valence-electron chi connectivity index (χ3n) is 3.78. The average Bonchev–Trinajstić information content (AvgIpc) is 2.64. The molecule has 0 aromatic carbocycles. The van der Waals surface area contributed by atoms with E-state index in [1.165, 1.54) is 19.3 Å². The maximum Gasteiger partial charge on any atom is 0.223 e. The number of amides is 1. The molecule has 1 atom stereocenters. The highest BCUT2D eigenvalue weighted by molar-refractivity contribution is 5.78. The molecule has 2 rings (SSSR count). The normalized spacial score (nSPS) is 16.5. The fourth-order valence-corrected chi connectivity index (χ4v) is 2.58. The minimum atomic E-state index is 0.0801. The van der Waals surface area contributed by atoms with Gasteiger partial charge in [-0.2, -0.15) is 0 Å². The van der Waals surface area contributed by atoms with Gasteiger partial charge in [0.15, 0.2) is 5.82 Å². The number of carbonyl (C=O) groups excluding carboxylic acids is 1. The summed E-state index contributed by atoms with van der Waals surface area (Å²) in [4.78, 5) is 11.9. The zero-order valence-corrected chi connectivity index (χ0v) is 12.0. The van der Waals surface area contributed by atoms with Gasteiger partial charge in [-0.3, -0.25) is 4.79 Å². The van der Waals surface area contributed by atoms with Crippen molar-refractivity contribution in [3.8, 4) is 0 Å². The van der Waals surface area contributed by atoms with Crippen LogP contribution in [-0.4, -0.2) is 20.7 Å². The summed E-state index contributed by atoms with van der Waals surface area (Å²) < 4.78 is 2.18. The monoisotopic (exact) mass is 264 g/mol. The molecule has 0 bridgehead atoms. The molecule has 1 N–H and O–H groups in total. The Kier molecular flexibility index (Phi) is 4.93. The molecule has 1 aromatic heterocycles. The Balaban J connectivity index is 1.93. The highest BCUT2D eigenvalue weighted by Crippen LogP contribution is 2.14. The fraction of sp³-hybridized carbons (Fsp3) is 0.786. The van der Waals surface area contributed by atoms with Crippen molar-refractivity contribution >= 4 is 5.91 Å². The van der Waals surface area contributed by atoms with Crippen LogP contribution in [0.1, 0.15) is 57.6 Å². The summed E-state index contributed by atoms with van der Waals surface area (Å²) in [5, 5.41) is 11.4. The lowest BCUT2D eigenvalue weighted by molar-refractivity contribution is -0.124. The summed E-state index contributed by atoms with van der Waals surface area (Å²) in [6, 6.07) is 0. The first kappa shape index (κ1) is 14.0. The average molecular weight is 264 g/mol. The van der Waals surface area contributed by atoms with Gasteiger partial charge in [0.2, 0.25) is 5.91 Å². The minimum Gasteiger partial charge on any atom is -0.349 e. The number of nitrogens with one attached hydrogen (secondary N) is 1. The first-order chi connectivity index (χ1) is 9.22. The standard InChI is InChI=1S/C14H24N4O/c1-3-7-11(2)14(19)15-10-13-17-16-12-8-5-4-6-9-18(12)13/h11H,3-10H2,1-2H3,(H,15,19)/t11-/m1/s1. The van der Waals surface area contributed by atoms with E-state index in [1.54, 1.807) is 0 Å². The number of hydrogen-bond acceptors (Lipinski definition) is 3. The third-order valence-corrected chi connectivity index (χ3v) is 3.78. The number of aromatic nitrogens is 3. The number of fused-ring (bicyclic) bond motifs is 1. The summed E-state index contributed by atoms with van der Waals surface area (Å²) in [7, 11) is 0. The van der Waals surface area contributed by atoms with E-state index >= 15 is 0 Å². The van der Waals surface area contributed by atoms with Crippen LogP contribution in [0.25, 0.3) is 0 Å². The van der Waals surface area contributed by atoms with E-state index in [1.807, 2.05) is 6.92 Å². The molecule has 0 radical (unpaired) electrons. The minimum absolute atomic E-state index is 0.0801. The Morgan fingerprint density at radius 3 is 3.00 bits per heavy atom. The van der Waals surface area contributed by atoms with Crippen molar-refractivity contribution in [2.45, 2.75) is 65.5 Å². The number of carbonyl (C=O) groups is 1. The first-order valence-corrected chi connectivity index (χ1v) is 7.41. The summed E-state index contributed by atoms with van der Waals surface area (Å²) in [6.45, 7) is 5.56. The van der Waals surface area contributed by atoms with Crippen molar-refractivity contribution < 1.29 is 4.79 Å². The van der Waals surface area contributed by atoms with Crippen LogP contribution in [0.3, 0.4) is 0 Å². The van der Waals surface area contributed by atoms with Crippen LogP contribution in [0.2, 0.25) is 0 Å². The summed E-state index contributed by atoms with van der Waals surface area (Å²) in [5.74, 6) is 2.17. The van der Waals surface area contributed by atoms with Crippen molar-refractivity contribution in [1.29, 1.82) is 0 Å². The summed E-state index contributed by atoms with van der Waals surface area (Å²) in [5.41, 5.74) is 0. The number of hydrogen-bond donors (Lipinski definition) is 1. The molecule has 106 valence electrons. The van der Waals surface area contributed by atoms with Crippen molar-refractivity contribution in [1.82, 2.24) is 20.1 Å². The number of aryl methyl sites for hydroxylation is 1. The van der Waals surface area contributed by atoms with Crippen LogP contribution in [0.5, 0.6) is 0 Å². The molecule has 1 aliphatic rings. The number of nitrogens with zero attached hydrogens (tertiary/aromatic N) is 3. The van der Waals surface area contributed by atoms with Crippen LogP contribution in [0.4, 0.5) is 0 Å². The van der Waals surface area contributed by atoms with Gasteiger partial charge in [-0.1, -0.05) is 26.7 Å². The van der Waals surface area contributed by atoms with Gasteiger partial charge in [0, 0.05) is 18.9 Å². The molecule has 19 heavy (non-hydrogen) atoms. The van der Waals surface area contributed by atoms with E-state index in [9.17, 15) is 4.79 Å². The van der Waals surface area contributed by atoms with Crippen LogP contribution < -0.4 is 5.32 Å². The molecule has 1 aromatic rings. The molecule has 5 heteroatoms. The zero-order valence-electron chi connectivity index (χ0n) is 12.0. The first-order valence-electron chi connectivity index (χ1n) is 7.41. The highest BCUT2D eigenvalue weighted by Gasteiger charge is 2.16. The van der Waals surface area contributed by atoms with E-state index in [2.05, 4.69) is 27.0 Å². The van der Waals surface area contributed by atoms with E-state index < -0.39 is 0 Å². The Labute approximate surface area is 114 Å². The van der Waals surface area contributed by atoms with Crippen LogP contribution in [-0.2, 0) is 24.3 Å². The fourth-order valence-electron chi connectivity index (χ4n) is 2.58. The maximum atomic E-state index is 11.9. The van der Waals surface area contributed by atoms with Crippen molar-refractivity contribution in [3.05, 3.63) is 11.6 Å². The lowest BCUT2D eigenvalue weighted by Crippen LogP contribution is -2.30. The quantitative estimate of drug-likeness (QED) is 0.885. The smallest absolute Gasteiger partial charge is 0.223 e. The third kappa shape index (κ3) is 3.55. The lowest BCUT2D eigenvalue weighted by atomic mass is 10.1. The molecule has 0 spiro atoms. The van der Waals surface area contributed by atoms with E-state index in [-0.39, 0.29) is 11.8 Å². The van der Waals surface area contributed by atoms with Gasteiger partial charge < -0.3 is 9.88 Å². The van der Waals surface area contributed by atoms with E-state index in [0.717, 1.165) is 37.5 Å². The van der Waals surface area contributed by atoms with Gasteiger partial charge in [0.05, 0.1) is 6.54 Å². The maximum absolute atomic E-state index is 11.9. The number of rotatable bonds is 5. The molecule has 1 amide bonds. The van der Waals surface area contributed by atoms with Gasteiger partial charge in [-0.25, -0.2) is 0 Å². The van der Waals surface area contributed by atoms with E-state index in [0.29, 0.717) is 6.54 Å². The largest absolute Gasteiger partial charge is 0.349 e. The van der Waals surface area contributed by atoms with Crippen molar-refractivity contribution in [3.63, 3.8) is 0 Å². The van der Waals surface area contributed by atoms with Crippen LogP contribution in [0.15, 0.2) is 0 Å². The SMILES string of the molecule is CCC[C@@H](C)C(=O)NCc1nnc2n1CCCCC2. The molecule has 0 saturated carbocycles. The topological polar surface area (TPSA) is 59.8 Å². The van der Waals surface area contributed by atoms with Crippen LogP contribution in [0, 0.1) is 5.92 Å². The second-order valence-electron chi connectivity index (χ2n) is 5.40. The second-order valence-corrected chi connectivity index (χ2v) is 5.40. The van der Waals surface area contributed by atoms with Gasteiger partial charge >= 0.3 is 0 Å². The van der Waals surface area contributed by atoms with Gasteiger partial charge in [-0.15, -0.1) is 10.2 Å². The Morgan fingerprint density at radius 1 is 1.37 bits per heavy atom. The van der Waals surface area contributed by atoms with Gasteiger partial charge in [-0.05, 0) is 19.3 Å². The van der Waals surface area contributed by atoms with Gasteiger partial charge in [0.1, 0.15) is 5.82 Å². The molecule has 2 heterocycles. The van der Waals surface area contributed by atoms with Crippen molar-refractivity contribution in [2.24, 2.45) is 5.92 Å². The zero-order chi connectivity index (χ0) is 13.7. The Morgan fingerprint density at radius 2 is 2.21 bits per heavy atom. The molecule has 5 nitrogen and oxygen atoms in total. The lowest BCUT2D eigenvalue weighted by Gasteiger charge is -2.11. The Hall–Kier alpha value is -1.39. The molecule has 0 unspecified atom stereocenters. The van der Waals surface area contributed by atoms with Crippen LogP contribution >= 0.6 is 0 Å². The molecule has 0 aliphatic carbocycles. The second kappa shape index (κ2) is 6.68. The summed E-state index contributed by atoms with van der Waals surface area (Å²) in [6.07, 6.45) is 6.60. The summed E-state index contributed by atoms with van der Waals surface area (Å²) >= 11 is 0. The predicted molar refractivity (Wildman–Crippen MR) is 73.5 cm³/mol. The Bertz CT molecular complexity index is 427. The molecular weight excluding hydrogens is 240 g/mol. The molecule has 0 fully saturated rings. The van der Waals surface area contributed by atoms with E-state index in [4.69, 9.17) is 0 Å². The highest BCUT2D eigenvalue weighted by atomic mass is 16.1. The molecular formula is C14H24N4O. The molecule has 0 saturated heterocycles. The molecule has 1 aliphatic heterocycles.